The van der Waals surface area contributed by atoms with E-state index >= 15 is 0 Å². The van der Waals surface area contributed by atoms with Gasteiger partial charge >= 0.3 is 267 Å². The molecule has 0 heterocycles. The van der Waals surface area contributed by atoms with Gasteiger partial charge in [-0.15, -0.1) is 0 Å². The topological polar surface area (TPSA) is 44.8 Å². The molecule has 0 saturated heterocycles. The Bertz CT molecular complexity index is 1270. The van der Waals surface area contributed by atoms with Gasteiger partial charge in [-0.3, -0.25) is 0 Å². The number of allylic oxidation sites excluding steroid dienone is 2. The Kier molecular flexibility index (Phi) is 12.8. The molecule has 2 unspecified atom stereocenters. The van der Waals surface area contributed by atoms with Crippen molar-refractivity contribution in [1.82, 2.24) is 0 Å². The molecule has 0 amide bonds. The van der Waals surface area contributed by atoms with Crippen molar-refractivity contribution >= 4 is 43.9 Å². The average Bonchev–Trinajstić information content (AvgIpc) is 3.31. The Morgan fingerprint density at radius 1 is 0.886 bits per heavy atom. The molecule has 1 saturated carbocycles. The number of Topliss-reactive ketones (excluding diaryl/α,β-unsaturated/α-hetero) is 1. The predicted octanol–water partition coefficient (Wildman–Crippen LogP) is 7.00. The first kappa shape index (κ1) is 34.6. The summed E-state index contributed by atoms with van der Waals surface area (Å²) in [6, 6.07) is 32.1. The fraction of sp³-hybridized carbons (Fsp3) is 0.447. The Morgan fingerprint density at radius 2 is 1.48 bits per heavy atom. The van der Waals surface area contributed by atoms with E-state index in [1.807, 2.05) is 13.8 Å². The van der Waals surface area contributed by atoms with Crippen molar-refractivity contribution in [3.05, 3.63) is 103 Å². The number of ketones is 1. The number of carbonyl (C=O) groups is 1. The molecule has 1 aliphatic rings. The zero-order chi connectivity index (χ0) is 31.5. The summed E-state index contributed by atoms with van der Waals surface area (Å²) in [4.78, 5) is 14.1. The Hall–Kier alpha value is -2.31. The van der Waals surface area contributed by atoms with Gasteiger partial charge in [0, 0.05) is 0 Å². The molecule has 0 spiro atoms. The van der Waals surface area contributed by atoms with Crippen molar-refractivity contribution in [2.24, 2.45) is 0 Å². The van der Waals surface area contributed by atoms with E-state index in [9.17, 15) is 4.79 Å². The Balaban J connectivity index is 1.55. The van der Waals surface area contributed by atoms with Crippen LogP contribution in [0.3, 0.4) is 0 Å². The molecule has 0 aromatic heterocycles. The fourth-order valence-corrected chi connectivity index (χ4v) is 13.9. The Morgan fingerprint density at radius 3 is 2.05 bits per heavy atom. The van der Waals surface area contributed by atoms with Crippen LogP contribution in [0.4, 0.5) is 0 Å². The molecule has 236 valence electrons. The molecule has 0 radical (unpaired) electrons. The van der Waals surface area contributed by atoms with Crippen LogP contribution >= 0.6 is 0 Å². The number of hydrogen-bond donors (Lipinski definition) is 0. The van der Waals surface area contributed by atoms with Crippen LogP contribution in [0.25, 0.3) is 0 Å². The maximum absolute atomic E-state index is 14.1. The van der Waals surface area contributed by atoms with Crippen molar-refractivity contribution in [3.63, 3.8) is 0 Å². The summed E-state index contributed by atoms with van der Waals surface area (Å²) in [6.07, 6.45) is 9.29. The Labute approximate surface area is 272 Å². The summed E-state index contributed by atoms with van der Waals surface area (Å²) >= 11 is 0.00247. The van der Waals surface area contributed by atoms with Crippen molar-refractivity contribution < 1.29 is 18.7 Å². The first-order chi connectivity index (χ1) is 21.2. The van der Waals surface area contributed by atoms with E-state index in [1.165, 1.54) is 14.8 Å². The van der Waals surface area contributed by atoms with E-state index in [0.717, 1.165) is 32.1 Å². The summed E-state index contributed by atoms with van der Waals surface area (Å²) in [5, 5.41) is 2.40. The third-order valence-electron chi connectivity index (χ3n) is 8.43. The van der Waals surface area contributed by atoms with Crippen LogP contribution in [0.2, 0.25) is 9.35 Å². The van der Waals surface area contributed by atoms with Crippen LogP contribution in [0, 0.1) is 0 Å². The molecule has 4 nitrogen and oxygen atoms in total. The maximum atomic E-state index is 14.1. The second-order valence-corrected chi connectivity index (χ2v) is 20.0. The SMILES string of the molecule is CCOC(C)OCCCC/C=C\CC1([Se]c2ccccc2)C[C@H](O[Si](c2ccccc2)(c2ccccc2)C(C)(C)C)CC1=O. The molecular weight excluding hydrogens is 627 g/mol. The third kappa shape index (κ3) is 8.69. The van der Waals surface area contributed by atoms with E-state index in [0.29, 0.717) is 25.4 Å². The molecule has 3 aromatic carbocycles. The van der Waals surface area contributed by atoms with Gasteiger partial charge in [-0.25, -0.2) is 0 Å². The number of unbranched alkanes of at least 4 members (excludes halogenated alkanes) is 2. The molecule has 6 heteroatoms. The van der Waals surface area contributed by atoms with Gasteiger partial charge in [0.05, 0.1) is 0 Å². The predicted molar refractivity (Wildman–Crippen MR) is 186 cm³/mol. The van der Waals surface area contributed by atoms with Crippen molar-refractivity contribution in [1.29, 1.82) is 0 Å². The molecule has 1 fully saturated rings. The number of rotatable bonds is 16. The zero-order valence-corrected chi connectivity index (χ0v) is 29.9. The van der Waals surface area contributed by atoms with Gasteiger partial charge in [0.25, 0.3) is 0 Å². The van der Waals surface area contributed by atoms with Gasteiger partial charge in [-0.05, 0) is 6.92 Å². The van der Waals surface area contributed by atoms with Gasteiger partial charge in [0.15, 0.2) is 0 Å². The van der Waals surface area contributed by atoms with E-state index in [4.69, 9.17) is 13.9 Å². The van der Waals surface area contributed by atoms with Gasteiger partial charge < -0.3 is 0 Å². The van der Waals surface area contributed by atoms with Crippen LogP contribution in [0.1, 0.15) is 73.1 Å². The summed E-state index contributed by atoms with van der Waals surface area (Å²) < 4.78 is 19.5. The van der Waals surface area contributed by atoms with Gasteiger partial charge in [-0.1, -0.05) is 0 Å². The van der Waals surface area contributed by atoms with Crippen molar-refractivity contribution in [2.75, 3.05) is 13.2 Å². The van der Waals surface area contributed by atoms with Crippen LogP contribution < -0.4 is 14.8 Å². The second kappa shape index (κ2) is 16.3. The molecule has 4 rings (SSSR count). The first-order valence-electron chi connectivity index (χ1n) is 16.1. The van der Waals surface area contributed by atoms with Gasteiger partial charge in [0.2, 0.25) is 0 Å². The third-order valence-corrected chi connectivity index (χ3v) is 16.6. The number of hydrogen-bond acceptors (Lipinski definition) is 4. The molecule has 0 bridgehead atoms. The molecule has 3 aromatic rings. The van der Waals surface area contributed by atoms with E-state index in [1.54, 1.807) is 0 Å². The monoisotopic (exact) mass is 678 g/mol. The van der Waals surface area contributed by atoms with Crippen LogP contribution in [0.15, 0.2) is 103 Å². The molecule has 0 N–H and O–H groups in total. The van der Waals surface area contributed by atoms with E-state index in [-0.39, 0.29) is 32.4 Å². The second-order valence-electron chi connectivity index (χ2n) is 12.7. The normalized spacial score (nSPS) is 19.9. The van der Waals surface area contributed by atoms with Crippen molar-refractivity contribution in [2.45, 2.75) is 94.9 Å². The van der Waals surface area contributed by atoms with Crippen LogP contribution in [0.5, 0.6) is 0 Å². The standard InChI is InChI=1S/C38H50O4SeSi/c1-6-40-31(2)41-28-20-9-7-8-19-27-38(43-33-21-13-10-14-22-33)30-32(29-36(38)39)42-44(37(3,4)5,34-23-15-11-16-24-34)35-25-17-12-18-26-35/h8,10-19,21-26,31-32H,6-7,9,20,27-30H2,1-5H3/b19-8-/t31?,32-,38?/m1/s1. The molecule has 44 heavy (non-hydrogen) atoms. The fourth-order valence-electron chi connectivity index (χ4n) is 6.31. The summed E-state index contributed by atoms with van der Waals surface area (Å²) in [5.41, 5.74) is 0. The van der Waals surface area contributed by atoms with Gasteiger partial charge in [0.1, 0.15) is 0 Å². The van der Waals surface area contributed by atoms with E-state index in [2.05, 4.69) is 124 Å². The number of ether oxygens (including phenoxy) is 2. The van der Waals surface area contributed by atoms with Gasteiger partial charge in [-0.2, -0.15) is 0 Å². The van der Waals surface area contributed by atoms with Crippen molar-refractivity contribution in [3.8, 4) is 0 Å². The van der Waals surface area contributed by atoms with Crippen LogP contribution in [-0.4, -0.2) is 54.7 Å². The molecule has 1 aliphatic carbocycles. The molecule has 0 aliphatic heterocycles. The first-order valence-corrected chi connectivity index (χ1v) is 19.8. The minimum absolute atomic E-state index is 0.00247. The number of carbonyl (C=O) groups excluding carboxylic acids is 1. The average molecular weight is 678 g/mol. The zero-order valence-electron chi connectivity index (χ0n) is 27.2. The quantitative estimate of drug-likeness (QED) is 0.0710. The number of benzene rings is 3. The summed E-state index contributed by atoms with van der Waals surface area (Å²) in [7, 11) is -2.75. The van der Waals surface area contributed by atoms with Crippen LogP contribution in [-0.2, 0) is 18.7 Å². The molecule has 3 atom stereocenters. The molecular formula is C38H50O4SeSi. The minimum atomic E-state index is -2.75. The van der Waals surface area contributed by atoms with E-state index < -0.39 is 12.6 Å². The summed E-state index contributed by atoms with van der Waals surface area (Å²) in [6.45, 7) is 12.2. The summed E-state index contributed by atoms with van der Waals surface area (Å²) in [5.74, 6) is 0.354.